The second-order valence-corrected chi connectivity index (χ2v) is 7.74. The largest absolute Gasteiger partial charge is 0.351 e. The maximum atomic E-state index is 12.6. The number of amides is 2. The third-order valence-electron chi connectivity index (χ3n) is 5.77. The van der Waals surface area contributed by atoms with Crippen LogP contribution in [0.1, 0.15) is 25.7 Å². The van der Waals surface area contributed by atoms with Gasteiger partial charge in [0.2, 0.25) is 17.8 Å². The Hall–Kier alpha value is -3.49. The molecule has 0 saturated carbocycles. The predicted octanol–water partition coefficient (Wildman–Crippen LogP) is 1.47. The standard InChI is InChI=1S/C21H23N7O2/c29-19-5-4-16(25-19)20(30)27-11-7-14(8-12-27)24-21-22-9-6-15(26-21)17-13-23-18-3-1-2-10-28(17)18/h1-3,6,9-10,13-14,16H,4-5,7-8,11-12H2,(H,25,29)(H,22,24,26)/t16-/m0/s1. The Morgan fingerprint density at radius 3 is 2.80 bits per heavy atom. The van der Waals surface area contributed by atoms with E-state index >= 15 is 0 Å². The Labute approximate surface area is 173 Å². The van der Waals surface area contributed by atoms with E-state index in [1.165, 1.54) is 0 Å². The number of imidazole rings is 1. The van der Waals surface area contributed by atoms with Crippen molar-refractivity contribution in [1.82, 2.24) is 29.6 Å². The fraction of sp³-hybridized carbons (Fsp3) is 0.381. The first-order valence-electron chi connectivity index (χ1n) is 10.3. The van der Waals surface area contributed by atoms with E-state index in [0.29, 0.717) is 31.9 Å². The smallest absolute Gasteiger partial charge is 0.245 e. The number of pyridine rings is 1. The normalized spacial score (nSPS) is 19.8. The number of piperidine rings is 1. The summed E-state index contributed by atoms with van der Waals surface area (Å²) in [4.78, 5) is 39.2. The lowest BCUT2D eigenvalue weighted by molar-refractivity contribution is -0.135. The van der Waals surface area contributed by atoms with Crippen molar-refractivity contribution in [1.29, 1.82) is 0 Å². The van der Waals surface area contributed by atoms with E-state index in [0.717, 1.165) is 29.9 Å². The lowest BCUT2D eigenvalue weighted by Crippen LogP contribution is -2.49. The Kier molecular flexibility index (Phi) is 4.78. The van der Waals surface area contributed by atoms with Crippen LogP contribution in [0.5, 0.6) is 0 Å². The van der Waals surface area contributed by atoms with Gasteiger partial charge in [0.25, 0.3) is 0 Å². The first-order chi connectivity index (χ1) is 14.7. The van der Waals surface area contributed by atoms with Gasteiger partial charge in [-0.2, -0.15) is 0 Å². The van der Waals surface area contributed by atoms with Crippen molar-refractivity contribution in [2.75, 3.05) is 18.4 Å². The molecular weight excluding hydrogens is 382 g/mol. The highest BCUT2D eigenvalue weighted by Gasteiger charge is 2.32. The number of carbonyl (C=O) groups excluding carboxylic acids is 2. The molecule has 2 N–H and O–H groups in total. The van der Waals surface area contributed by atoms with Crippen molar-refractivity contribution in [3.05, 3.63) is 42.9 Å². The molecule has 0 bridgehead atoms. The van der Waals surface area contributed by atoms with E-state index in [9.17, 15) is 9.59 Å². The minimum atomic E-state index is -0.354. The minimum Gasteiger partial charge on any atom is -0.351 e. The topological polar surface area (TPSA) is 105 Å². The quantitative estimate of drug-likeness (QED) is 0.681. The minimum absolute atomic E-state index is 0.0326. The fourth-order valence-electron chi connectivity index (χ4n) is 4.14. The summed E-state index contributed by atoms with van der Waals surface area (Å²) in [6.07, 6.45) is 8.19. The van der Waals surface area contributed by atoms with Crippen LogP contribution in [-0.2, 0) is 9.59 Å². The van der Waals surface area contributed by atoms with Crippen LogP contribution < -0.4 is 10.6 Å². The number of likely N-dealkylation sites (tertiary alicyclic amines) is 1. The van der Waals surface area contributed by atoms with Crippen LogP contribution in [0.2, 0.25) is 0 Å². The van der Waals surface area contributed by atoms with Crippen molar-refractivity contribution >= 4 is 23.4 Å². The lowest BCUT2D eigenvalue weighted by atomic mass is 10.0. The summed E-state index contributed by atoms with van der Waals surface area (Å²) < 4.78 is 2.00. The van der Waals surface area contributed by atoms with Crippen LogP contribution in [0, 0.1) is 0 Å². The highest BCUT2D eigenvalue weighted by Crippen LogP contribution is 2.21. The molecule has 3 aromatic heterocycles. The first-order valence-corrected chi connectivity index (χ1v) is 10.3. The number of carbonyl (C=O) groups is 2. The highest BCUT2D eigenvalue weighted by atomic mass is 16.2. The molecule has 5 rings (SSSR count). The van der Waals surface area contributed by atoms with E-state index < -0.39 is 0 Å². The zero-order chi connectivity index (χ0) is 20.5. The van der Waals surface area contributed by atoms with Crippen LogP contribution >= 0.6 is 0 Å². The van der Waals surface area contributed by atoms with Crippen molar-refractivity contribution in [3.63, 3.8) is 0 Å². The number of aromatic nitrogens is 4. The Bertz CT molecular complexity index is 1090. The molecule has 3 aromatic rings. The van der Waals surface area contributed by atoms with Gasteiger partial charge >= 0.3 is 0 Å². The molecule has 2 aliphatic rings. The van der Waals surface area contributed by atoms with E-state index in [1.807, 2.05) is 46.0 Å². The van der Waals surface area contributed by atoms with Crippen LogP contribution in [0.25, 0.3) is 17.0 Å². The van der Waals surface area contributed by atoms with Gasteiger partial charge in [-0.1, -0.05) is 6.07 Å². The summed E-state index contributed by atoms with van der Waals surface area (Å²) in [5, 5.41) is 6.17. The van der Waals surface area contributed by atoms with Gasteiger partial charge in [0, 0.05) is 37.9 Å². The molecule has 0 spiro atoms. The lowest BCUT2D eigenvalue weighted by Gasteiger charge is -2.33. The first kappa shape index (κ1) is 18.5. The highest BCUT2D eigenvalue weighted by molar-refractivity contribution is 5.90. The van der Waals surface area contributed by atoms with Gasteiger partial charge in [-0.3, -0.25) is 14.0 Å². The number of fused-ring (bicyclic) bond motifs is 1. The second-order valence-electron chi connectivity index (χ2n) is 7.74. The van der Waals surface area contributed by atoms with Crippen molar-refractivity contribution in [3.8, 4) is 11.4 Å². The zero-order valence-corrected chi connectivity index (χ0v) is 16.5. The van der Waals surface area contributed by atoms with Gasteiger partial charge in [0.15, 0.2) is 0 Å². The van der Waals surface area contributed by atoms with Crippen LogP contribution in [0.4, 0.5) is 5.95 Å². The van der Waals surface area contributed by atoms with E-state index in [2.05, 4.69) is 25.6 Å². The average molecular weight is 405 g/mol. The van der Waals surface area contributed by atoms with Crippen molar-refractivity contribution in [2.24, 2.45) is 0 Å². The molecule has 0 radical (unpaired) electrons. The molecule has 0 unspecified atom stereocenters. The summed E-state index contributed by atoms with van der Waals surface area (Å²) in [5.74, 6) is 0.573. The van der Waals surface area contributed by atoms with Gasteiger partial charge in [-0.25, -0.2) is 15.0 Å². The van der Waals surface area contributed by atoms with Gasteiger partial charge in [-0.05, 0) is 37.5 Å². The zero-order valence-electron chi connectivity index (χ0n) is 16.5. The summed E-state index contributed by atoms with van der Waals surface area (Å²) in [6.45, 7) is 1.33. The van der Waals surface area contributed by atoms with Crippen LogP contribution in [-0.4, -0.2) is 61.2 Å². The molecule has 30 heavy (non-hydrogen) atoms. The molecule has 2 saturated heterocycles. The maximum absolute atomic E-state index is 12.6. The van der Waals surface area contributed by atoms with Crippen molar-refractivity contribution in [2.45, 2.75) is 37.8 Å². The van der Waals surface area contributed by atoms with Crippen molar-refractivity contribution < 1.29 is 9.59 Å². The molecule has 154 valence electrons. The van der Waals surface area contributed by atoms with Gasteiger partial charge in [0.05, 0.1) is 17.6 Å². The maximum Gasteiger partial charge on any atom is 0.245 e. The van der Waals surface area contributed by atoms with Crippen LogP contribution in [0.15, 0.2) is 42.9 Å². The van der Waals surface area contributed by atoms with E-state index in [4.69, 9.17) is 0 Å². The van der Waals surface area contributed by atoms with Gasteiger partial charge < -0.3 is 15.5 Å². The Morgan fingerprint density at radius 1 is 1.13 bits per heavy atom. The molecule has 9 nitrogen and oxygen atoms in total. The number of hydrogen-bond acceptors (Lipinski definition) is 6. The Balaban J connectivity index is 1.23. The molecule has 1 atom stereocenters. The van der Waals surface area contributed by atoms with E-state index in [-0.39, 0.29) is 23.9 Å². The summed E-state index contributed by atoms with van der Waals surface area (Å²) in [7, 11) is 0. The third kappa shape index (κ3) is 3.58. The van der Waals surface area contributed by atoms with E-state index in [1.54, 1.807) is 6.20 Å². The monoisotopic (exact) mass is 405 g/mol. The number of nitrogens with zero attached hydrogens (tertiary/aromatic N) is 5. The number of hydrogen-bond donors (Lipinski definition) is 2. The number of anilines is 1. The Morgan fingerprint density at radius 2 is 2.00 bits per heavy atom. The molecule has 2 amide bonds. The molecule has 2 aliphatic heterocycles. The molecule has 0 aromatic carbocycles. The summed E-state index contributed by atoms with van der Waals surface area (Å²) in [5.41, 5.74) is 2.59. The predicted molar refractivity (Wildman–Crippen MR) is 111 cm³/mol. The molecular formula is C21H23N7O2. The summed E-state index contributed by atoms with van der Waals surface area (Å²) >= 11 is 0. The average Bonchev–Trinajstić information content (AvgIpc) is 3.40. The molecule has 0 aliphatic carbocycles. The second kappa shape index (κ2) is 7.74. The number of rotatable bonds is 4. The SMILES string of the molecule is O=C1CC[C@@H](C(=O)N2CCC(Nc3nccc(-c4cnc5ccccn45)n3)CC2)N1. The third-order valence-corrected chi connectivity index (χ3v) is 5.77. The number of nitrogens with one attached hydrogen (secondary N) is 2. The van der Waals surface area contributed by atoms with Crippen LogP contribution in [0.3, 0.4) is 0 Å². The fourth-order valence-corrected chi connectivity index (χ4v) is 4.14. The van der Waals surface area contributed by atoms with Gasteiger partial charge in [0.1, 0.15) is 11.7 Å². The van der Waals surface area contributed by atoms with Gasteiger partial charge in [-0.15, -0.1) is 0 Å². The molecule has 5 heterocycles. The molecule has 9 heteroatoms. The summed E-state index contributed by atoms with van der Waals surface area (Å²) in [6, 6.07) is 7.59. The molecule has 2 fully saturated rings.